The van der Waals surface area contributed by atoms with Crippen LogP contribution < -0.4 is 10.1 Å². The first-order valence-electron chi connectivity index (χ1n) is 7.60. The summed E-state index contributed by atoms with van der Waals surface area (Å²) in [4.78, 5) is 4.59. The summed E-state index contributed by atoms with van der Waals surface area (Å²) in [6.07, 6.45) is 2.05. The quantitative estimate of drug-likeness (QED) is 0.796. The van der Waals surface area contributed by atoms with Crippen LogP contribution >= 0.6 is 11.3 Å². The van der Waals surface area contributed by atoms with Gasteiger partial charge in [0.15, 0.2) is 0 Å². The predicted molar refractivity (Wildman–Crippen MR) is 89.2 cm³/mol. The van der Waals surface area contributed by atoms with E-state index in [2.05, 4.69) is 40.8 Å². The van der Waals surface area contributed by atoms with E-state index in [4.69, 9.17) is 4.74 Å². The minimum absolute atomic E-state index is 0.288. The van der Waals surface area contributed by atoms with Crippen molar-refractivity contribution in [1.29, 1.82) is 0 Å². The SMILES string of the molecule is CCCNC(Cc1nc(C)cs1)c1cccc(OCC)c1. The largest absolute Gasteiger partial charge is 0.494 e. The lowest BCUT2D eigenvalue weighted by molar-refractivity contribution is 0.339. The van der Waals surface area contributed by atoms with E-state index in [-0.39, 0.29) is 6.04 Å². The Morgan fingerprint density at radius 1 is 1.33 bits per heavy atom. The molecule has 1 aromatic carbocycles. The first kappa shape index (κ1) is 16.0. The van der Waals surface area contributed by atoms with Gasteiger partial charge in [0.05, 0.1) is 11.6 Å². The summed E-state index contributed by atoms with van der Waals surface area (Å²) in [6, 6.07) is 8.66. The van der Waals surface area contributed by atoms with Gasteiger partial charge >= 0.3 is 0 Å². The Morgan fingerprint density at radius 2 is 2.19 bits per heavy atom. The van der Waals surface area contributed by atoms with E-state index in [0.717, 1.165) is 30.8 Å². The number of aromatic nitrogens is 1. The minimum atomic E-state index is 0.288. The van der Waals surface area contributed by atoms with E-state index in [1.165, 1.54) is 10.6 Å². The fourth-order valence-electron chi connectivity index (χ4n) is 2.29. The van der Waals surface area contributed by atoms with Gasteiger partial charge in [0, 0.05) is 23.5 Å². The Morgan fingerprint density at radius 3 is 2.86 bits per heavy atom. The monoisotopic (exact) mass is 304 g/mol. The zero-order chi connectivity index (χ0) is 15.1. The van der Waals surface area contributed by atoms with Crippen LogP contribution in [0.15, 0.2) is 29.6 Å². The van der Waals surface area contributed by atoms with Crippen molar-refractivity contribution in [3.63, 3.8) is 0 Å². The van der Waals surface area contributed by atoms with Crippen LogP contribution in [-0.2, 0) is 6.42 Å². The van der Waals surface area contributed by atoms with Crippen LogP contribution in [-0.4, -0.2) is 18.1 Å². The molecule has 3 nitrogen and oxygen atoms in total. The molecule has 0 amide bonds. The highest BCUT2D eigenvalue weighted by atomic mass is 32.1. The number of nitrogens with zero attached hydrogens (tertiary/aromatic N) is 1. The molecule has 1 aromatic heterocycles. The van der Waals surface area contributed by atoms with Crippen molar-refractivity contribution in [1.82, 2.24) is 10.3 Å². The molecule has 2 aromatic rings. The van der Waals surface area contributed by atoms with Gasteiger partial charge in [-0.2, -0.15) is 0 Å². The van der Waals surface area contributed by atoms with Crippen LogP contribution in [0.1, 0.15) is 42.6 Å². The number of hydrogen-bond acceptors (Lipinski definition) is 4. The Kier molecular flexibility index (Phi) is 6.21. The van der Waals surface area contributed by atoms with Crippen molar-refractivity contribution < 1.29 is 4.74 Å². The second-order valence-corrected chi connectivity index (χ2v) is 6.04. The number of hydrogen-bond donors (Lipinski definition) is 1. The van der Waals surface area contributed by atoms with Crippen molar-refractivity contribution in [2.24, 2.45) is 0 Å². The Bertz CT molecular complexity index is 553. The molecule has 0 aliphatic rings. The first-order chi connectivity index (χ1) is 10.2. The van der Waals surface area contributed by atoms with Gasteiger partial charge in [-0.25, -0.2) is 4.98 Å². The highest BCUT2D eigenvalue weighted by molar-refractivity contribution is 7.09. The zero-order valence-corrected chi connectivity index (χ0v) is 13.9. The van der Waals surface area contributed by atoms with E-state index in [1.807, 2.05) is 19.9 Å². The summed E-state index contributed by atoms with van der Waals surface area (Å²) in [5.74, 6) is 0.939. The summed E-state index contributed by atoms with van der Waals surface area (Å²) >= 11 is 1.74. The first-order valence-corrected chi connectivity index (χ1v) is 8.48. The van der Waals surface area contributed by atoms with Crippen molar-refractivity contribution >= 4 is 11.3 Å². The third-order valence-electron chi connectivity index (χ3n) is 3.26. The van der Waals surface area contributed by atoms with Crippen molar-refractivity contribution in [2.45, 2.75) is 39.7 Å². The lowest BCUT2D eigenvalue weighted by Gasteiger charge is -2.18. The van der Waals surface area contributed by atoms with Gasteiger partial charge in [-0.3, -0.25) is 0 Å². The maximum absolute atomic E-state index is 5.61. The van der Waals surface area contributed by atoms with E-state index >= 15 is 0 Å². The van der Waals surface area contributed by atoms with Crippen LogP contribution in [0.5, 0.6) is 5.75 Å². The topological polar surface area (TPSA) is 34.2 Å². The average molecular weight is 304 g/mol. The Hall–Kier alpha value is -1.39. The number of nitrogens with one attached hydrogen (secondary N) is 1. The molecule has 0 saturated carbocycles. The molecule has 1 heterocycles. The smallest absolute Gasteiger partial charge is 0.119 e. The predicted octanol–water partition coefficient (Wildman–Crippen LogP) is 4.13. The average Bonchev–Trinajstić information content (AvgIpc) is 2.89. The van der Waals surface area contributed by atoms with E-state index < -0.39 is 0 Å². The van der Waals surface area contributed by atoms with Crippen molar-refractivity contribution in [2.75, 3.05) is 13.2 Å². The summed E-state index contributed by atoms with van der Waals surface area (Å²) < 4.78 is 5.61. The normalized spacial score (nSPS) is 12.3. The number of aryl methyl sites for hydroxylation is 1. The molecule has 0 spiro atoms. The highest BCUT2D eigenvalue weighted by Gasteiger charge is 2.14. The summed E-state index contributed by atoms with van der Waals surface area (Å²) in [5, 5.41) is 6.92. The van der Waals surface area contributed by atoms with Crippen LogP contribution in [0.2, 0.25) is 0 Å². The van der Waals surface area contributed by atoms with Crippen LogP contribution in [0.4, 0.5) is 0 Å². The van der Waals surface area contributed by atoms with Crippen molar-refractivity contribution in [3.8, 4) is 5.75 Å². The van der Waals surface area contributed by atoms with Gasteiger partial charge in [0.2, 0.25) is 0 Å². The van der Waals surface area contributed by atoms with Gasteiger partial charge in [0.1, 0.15) is 5.75 Å². The second-order valence-electron chi connectivity index (χ2n) is 5.10. The van der Waals surface area contributed by atoms with Crippen LogP contribution in [0.3, 0.4) is 0 Å². The Labute approximate surface area is 131 Å². The zero-order valence-electron chi connectivity index (χ0n) is 13.1. The number of thiazole rings is 1. The molecular weight excluding hydrogens is 280 g/mol. The molecule has 1 unspecified atom stereocenters. The maximum atomic E-state index is 5.61. The fourth-order valence-corrected chi connectivity index (χ4v) is 3.10. The van der Waals surface area contributed by atoms with Gasteiger partial charge in [-0.05, 0) is 44.5 Å². The van der Waals surface area contributed by atoms with Crippen LogP contribution in [0, 0.1) is 6.92 Å². The number of benzene rings is 1. The molecule has 0 fully saturated rings. The van der Waals surface area contributed by atoms with Crippen molar-refractivity contribution in [3.05, 3.63) is 45.9 Å². The summed E-state index contributed by atoms with van der Waals surface area (Å²) in [6.45, 7) is 7.95. The van der Waals surface area contributed by atoms with Gasteiger partial charge in [-0.15, -0.1) is 11.3 Å². The molecule has 0 saturated heterocycles. The second kappa shape index (κ2) is 8.15. The molecular formula is C17H24N2OS. The third kappa shape index (κ3) is 4.83. The lowest BCUT2D eigenvalue weighted by Crippen LogP contribution is -2.24. The molecule has 21 heavy (non-hydrogen) atoms. The molecule has 0 bridgehead atoms. The van der Waals surface area contributed by atoms with Crippen LogP contribution in [0.25, 0.3) is 0 Å². The van der Waals surface area contributed by atoms with E-state index in [1.54, 1.807) is 11.3 Å². The fraction of sp³-hybridized carbons (Fsp3) is 0.471. The van der Waals surface area contributed by atoms with Gasteiger partial charge < -0.3 is 10.1 Å². The number of rotatable bonds is 8. The number of ether oxygens (including phenoxy) is 1. The van der Waals surface area contributed by atoms with E-state index in [9.17, 15) is 0 Å². The molecule has 1 atom stereocenters. The molecule has 0 aliphatic carbocycles. The van der Waals surface area contributed by atoms with Gasteiger partial charge in [0.25, 0.3) is 0 Å². The minimum Gasteiger partial charge on any atom is -0.494 e. The highest BCUT2D eigenvalue weighted by Crippen LogP contribution is 2.24. The third-order valence-corrected chi connectivity index (χ3v) is 4.25. The molecule has 0 aliphatic heterocycles. The molecule has 114 valence electrons. The molecule has 4 heteroatoms. The van der Waals surface area contributed by atoms with Gasteiger partial charge in [-0.1, -0.05) is 19.1 Å². The Balaban J connectivity index is 2.16. The summed E-state index contributed by atoms with van der Waals surface area (Å²) in [5.41, 5.74) is 2.37. The molecule has 2 rings (SSSR count). The maximum Gasteiger partial charge on any atom is 0.119 e. The summed E-state index contributed by atoms with van der Waals surface area (Å²) in [7, 11) is 0. The lowest BCUT2D eigenvalue weighted by atomic mass is 10.0. The van der Waals surface area contributed by atoms with E-state index in [0.29, 0.717) is 6.61 Å². The molecule has 1 N–H and O–H groups in total. The molecule has 0 radical (unpaired) electrons. The standard InChI is InChI=1S/C17H24N2OS/c1-4-9-18-16(11-17-19-13(3)12-21-17)14-7-6-8-15(10-14)20-5-2/h6-8,10,12,16,18H,4-5,9,11H2,1-3H3.